The Kier molecular flexibility index (Phi) is 14.5. The van der Waals surface area contributed by atoms with Crippen molar-refractivity contribution in [3.05, 3.63) is 65.2 Å². The molecular weight excluding hydrogens is 686 g/mol. The van der Waals surface area contributed by atoms with E-state index in [1.54, 1.807) is 57.2 Å². The van der Waals surface area contributed by atoms with Crippen molar-refractivity contribution in [3.8, 4) is 0 Å². The first-order valence-electron chi connectivity index (χ1n) is 17.4. The van der Waals surface area contributed by atoms with E-state index in [1.807, 2.05) is 19.9 Å². The Morgan fingerprint density at radius 3 is 2.09 bits per heavy atom. The molecule has 1 aliphatic rings. The molecule has 0 saturated carbocycles. The van der Waals surface area contributed by atoms with Gasteiger partial charge in [0.25, 0.3) is 0 Å². The standard InChI is InChI=1S/C37H51N7O9/c1-21(2)17-26(40-29(45)19-24-11-8-7-9-12-24)32(48)41-27(20-30(46)47)33(49)42-31(22(3)4)34(50)43-16-10-15-37(43,35(38)51)25-13-14-28(23(5)18-25)44(53-6)36(39)52/h7-9,11-14,18,21-22,26-27,31H,10,15-17,19-20H2,1-6H3,(H2,38,51)(H2,39,52)(H,40,45)(H,41,48)(H,42,49)(H,46,47)/t26-,27-,31-,37-/m0/s1. The fourth-order valence-electron chi connectivity index (χ4n) is 6.58. The summed E-state index contributed by atoms with van der Waals surface area (Å²) in [5, 5.41) is 18.3. The van der Waals surface area contributed by atoms with Gasteiger partial charge in [-0.05, 0) is 60.8 Å². The van der Waals surface area contributed by atoms with Crippen molar-refractivity contribution < 1.29 is 43.5 Å². The Morgan fingerprint density at radius 1 is 0.925 bits per heavy atom. The highest BCUT2D eigenvalue weighted by atomic mass is 16.7. The number of amides is 7. The number of hydroxylamine groups is 1. The number of rotatable bonds is 17. The number of nitrogens with one attached hydrogen (secondary N) is 3. The summed E-state index contributed by atoms with van der Waals surface area (Å²) in [6.07, 6.45) is -0.0399. The van der Waals surface area contributed by atoms with Crippen LogP contribution in [0.25, 0.3) is 0 Å². The highest BCUT2D eigenvalue weighted by molar-refractivity contribution is 5.98. The first kappa shape index (κ1) is 41.9. The number of anilines is 1. The second-order valence-electron chi connectivity index (χ2n) is 13.9. The van der Waals surface area contributed by atoms with E-state index in [0.717, 1.165) is 10.6 Å². The van der Waals surface area contributed by atoms with Gasteiger partial charge >= 0.3 is 12.0 Å². The van der Waals surface area contributed by atoms with Crippen molar-refractivity contribution in [2.75, 3.05) is 18.7 Å². The van der Waals surface area contributed by atoms with Crippen LogP contribution in [0.15, 0.2) is 48.5 Å². The maximum Gasteiger partial charge on any atom is 0.343 e. The lowest BCUT2D eigenvalue weighted by Gasteiger charge is -2.39. The second kappa shape index (κ2) is 18.3. The van der Waals surface area contributed by atoms with Crippen LogP contribution < -0.4 is 32.5 Å². The number of aryl methyl sites for hydroxylation is 1. The van der Waals surface area contributed by atoms with Gasteiger partial charge < -0.3 is 37.4 Å². The lowest BCUT2D eigenvalue weighted by molar-refractivity contribution is -0.148. The van der Waals surface area contributed by atoms with Crippen LogP contribution in [0.2, 0.25) is 0 Å². The van der Waals surface area contributed by atoms with Gasteiger partial charge in [0.2, 0.25) is 29.5 Å². The molecule has 0 spiro atoms. The number of urea groups is 1. The third-order valence-corrected chi connectivity index (χ3v) is 9.14. The molecule has 0 aromatic heterocycles. The van der Waals surface area contributed by atoms with Crippen molar-refractivity contribution in [1.29, 1.82) is 0 Å². The molecule has 8 N–H and O–H groups in total. The number of hydrogen-bond acceptors (Lipinski definition) is 8. The van der Waals surface area contributed by atoms with E-state index in [9.17, 15) is 38.7 Å². The molecule has 2 aromatic rings. The first-order valence-corrected chi connectivity index (χ1v) is 17.4. The smallest absolute Gasteiger partial charge is 0.343 e. The third kappa shape index (κ3) is 10.3. The summed E-state index contributed by atoms with van der Waals surface area (Å²) in [6, 6.07) is 8.75. The van der Waals surface area contributed by atoms with E-state index in [0.29, 0.717) is 23.2 Å². The molecule has 3 rings (SSSR count). The Hall–Kier alpha value is -5.51. The molecule has 0 bridgehead atoms. The number of likely N-dealkylation sites (tertiary alicyclic amines) is 1. The molecule has 0 radical (unpaired) electrons. The maximum atomic E-state index is 14.3. The fourth-order valence-corrected chi connectivity index (χ4v) is 6.58. The number of nitrogens with zero attached hydrogens (tertiary/aromatic N) is 2. The van der Waals surface area contributed by atoms with E-state index in [1.165, 1.54) is 18.1 Å². The Labute approximate surface area is 308 Å². The van der Waals surface area contributed by atoms with E-state index in [2.05, 4.69) is 16.0 Å². The molecule has 16 heteroatoms. The Morgan fingerprint density at radius 2 is 1.57 bits per heavy atom. The number of carbonyl (C=O) groups excluding carboxylic acids is 6. The number of carboxylic acids is 1. The number of carbonyl (C=O) groups is 7. The van der Waals surface area contributed by atoms with Gasteiger partial charge in [0, 0.05) is 6.54 Å². The third-order valence-electron chi connectivity index (χ3n) is 9.14. The van der Waals surface area contributed by atoms with Crippen molar-refractivity contribution >= 4 is 47.2 Å². The van der Waals surface area contributed by atoms with Crippen molar-refractivity contribution in [1.82, 2.24) is 20.9 Å². The summed E-state index contributed by atoms with van der Waals surface area (Å²) in [6.45, 7) is 8.80. The SMILES string of the molecule is CON(C(N)=O)c1ccc([C@]2(C(N)=O)CCCN2C(=O)[C@@H](NC(=O)[C@H](CC(=O)O)NC(=O)[C@H](CC(C)C)NC(=O)Cc2ccccc2)C(C)C)cc1C. The molecule has 0 aliphatic carbocycles. The van der Waals surface area contributed by atoms with Crippen LogP contribution in [0.4, 0.5) is 10.5 Å². The maximum absolute atomic E-state index is 14.3. The highest BCUT2D eigenvalue weighted by Gasteiger charge is 2.52. The van der Waals surface area contributed by atoms with Crippen molar-refractivity contribution in [3.63, 3.8) is 0 Å². The van der Waals surface area contributed by atoms with Crippen LogP contribution in [-0.2, 0) is 45.6 Å². The summed E-state index contributed by atoms with van der Waals surface area (Å²) < 4.78 is 0. The zero-order valence-electron chi connectivity index (χ0n) is 31.0. The van der Waals surface area contributed by atoms with Crippen LogP contribution in [0.5, 0.6) is 0 Å². The van der Waals surface area contributed by atoms with Gasteiger partial charge in [0.15, 0.2) is 0 Å². The van der Waals surface area contributed by atoms with Crippen LogP contribution in [-0.4, -0.2) is 83.3 Å². The van der Waals surface area contributed by atoms with Gasteiger partial charge in [0.1, 0.15) is 23.7 Å². The lowest BCUT2D eigenvalue weighted by Crippen LogP contribution is -2.62. The van der Waals surface area contributed by atoms with E-state index in [4.69, 9.17) is 16.3 Å². The number of primary amides is 2. The first-order chi connectivity index (χ1) is 24.9. The predicted octanol–water partition coefficient (Wildman–Crippen LogP) is 1.62. The fraction of sp³-hybridized carbons (Fsp3) is 0.486. The average Bonchev–Trinajstić information content (AvgIpc) is 3.53. The van der Waals surface area contributed by atoms with E-state index in [-0.39, 0.29) is 31.7 Å². The normalized spacial score (nSPS) is 17.1. The van der Waals surface area contributed by atoms with Crippen LogP contribution in [0, 0.1) is 18.8 Å². The zero-order chi connectivity index (χ0) is 39.6. The molecule has 1 saturated heterocycles. The minimum Gasteiger partial charge on any atom is -0.481 e. The molecule has 0 unspecified atom stereocenters. The summed E-state index contributed by atoms with van der Waals surface area (Å²) >= 11 is 0. The molecule has 1 fully saturated rings. The largest absolute Gasteiger partial charge is 0.481 e. The lowest BCUT2D eigenvalue weighted by atomic mass is 9.84. The minimum absolute atomic E-state index is 0.00587. The second-order valence-corrected chi connectivity index (χ2v) is 13.9. The van der Waals surface area contributed by atoms with Gasteiger partial charge in [-0.1, -0.05) is 70.2 Å². The van der Waals surface area contributed by atoms with Crippen LogP contribution in [0.3, 0.4) is 0 Å². The molecule has 16 nitrogen and oxygen atoms in total. The van der Waals surface area contributed by atoms with Gasteiger partial charge in [-0.15, -0.1) is 0 Å². The number of carboxylic acid groups (broad SMARTS) is 1. The molecule has 7 amide bonds. The molecule has 1 heterocycles. The molecule has 4 atom stereocenters. The number of hydrogen-bond donors (Lipinski definition) is 6. The summed E-state index contributed by atoms with van der Waals surface area (Å²) in [4.78, 5) is 98.0. The molecular formula is C37H51N7O9. The summed E-state index contributed by atoms with van der Waals surface area (Å²) in [7, 11) is 1.27. The molecule has 1 aliphatic heterocycles. The van der Waals surface area contributed by atoms with Gasteiger partial charge in [0.05, 0.1) is 25.6 Å². The number of benzene rings is 2. The molecule has 53 heavy (non-hydrogen) atoms. The van der Waals surface area contributed by atoms with Crippen molar-refractivity contribution in [2.24, 2.45) is 23.3 Å². The Balaban J connectivity index is 1.88. The summed E-state index contributed by atoms with van der Waals surface area (Å²) in [5.74, 6) is -5.59. The summed E-state index contributed by atoms with van der Waals surface area (Å²) in [5.41, 5.74) is 11.7. The molecule has 2 aromatic carbocycles. The topological polar surface area (TPSA) is 244 Å². The molecule has 288 valence electrons. The van der Waals surface area contributed by atoms with Crippen LogP contribution >= 0.6 is 0 Å². The average molecular weight is 738 g/mol. The zero-order valence-corrected chi connectivity index (χ0v) is 31.0. The van der Waals surface area contributed by atoms with Crippen LogP contribution in [0.1, 0.15) is 70.1 Å². The van der Waals surface area contributed by atoms with E-state index >= 15 is 0 Å². The monoisotopic (exact) mass is 737 g/mol. The predicted molar refractivity (Wildman–Crippen MR) is 195 cm³/mol. The minimum atomic E-state index is -1.63. The number of aliphatic carboxylic acids is 1. The quantitative estimate of drug-likeness (QED) is 0.129. The number of nitrogens with two attached hydrogens (primary N) is 2. The van der Waals surface area contributed by atoms with Crippen molar-refractivity contribution in [2.45, 2.75) is 90.4 Å². The highest BCUT2D eigenvalue weighted by Crippen LogP contribution is 2.41. The van der Waals surface area contributed by atoms with Gasteiger partial charge in [-0.3, -0.25) is 33.6 Å². The Bertz CT molecular complexity index is 1680. The van der Waals surface area contributed by atoms with Gasteiger partial charge in [-0.25, -0.2) is 4.79 Å². The van der Waals surface area contributed by atoms with Gasteiger partial charge in [-0.2, -0.15) is 5.06 Å². The van der Waals surface area contributed by atoms with E-state index < -0.39 is 77.5 Å².